The number of halogens is 1. The molecule has 0 radical (unpaired) electrons. The zero-order valence-electron chi connectivity index (χ0n) is 19.0. The molecule has 0 N–H and O–H groups in total. The molecule has 0 spiro atoms. The highest BCUT2D eigenvalue weighted by atomic mass is 79.9. The largest absolute Gasteiger partial charge is 0.497 e. The summed E-state index contributed by atoms with van der Waals surface area (Å²) in [6.07, 6.45) is 0. The zero-order chi connectivity index (χ0) is 23.3. The van der Waals surface area contributed by atoms with Gasteiger partial charge in [0.1, 0.15) is 18.0 Å². The summed E-state index contributed by atoms with van der Waals surface area (Å²) in [6, 6.07) is 13.2. The van der Waals surface area contributed by atoms with Crippen molar-refractivity contribution in [2.45, 2.75) is 46.2 Å². The monoisotopic (exact) mass is 501 g/mol. The Hall–Kier alpha value is -2.87. The van der Waals surface area contributed by atoms with Gasteiger partial charge in [0.15, 0.2) is 6.61 Å². The number of carbonyl (C=O) groups excluding carboxylic acids is 1. The third-order valence-corrected chi connectivity index (χ3v) is 5.66. The van der Waals surface area contributed by atoms with Crippen LogP contribution >= 0.6 is 15.9 Å². The minimum absolute atomic E-state index is 0.0609. The average molecular weight is 502 g/mol. The van der Waals surface area contributed by atoms with Gasteiger partial charge in [-0.3, -0.25) is 4.79 Å². The number of hydrogen-bond acceptors (Lipinski definition) is 6. The molecule has 0 aliphatic rings. The van der Waals surface area contributed by atoms with E-state index in [-0.39, 0.29) is 25.1 Å². The lowest BCUT2D eigenvalue weighted by molar-refractivity contribution is -0.136. The fourth-order valence-electron chi connectivity index (χ4n) is 3.10. The topological polar surface area (TPSA) is 77.7 Å². The predicted molar refractivity (Wildman–Crippen MR) is 126 cm³/mol. The average Bonchev–Trinajstić information content (AvgIpc) is 3.25. The van der Waals surface area contributed by atoms with Crippen molar-refractivity contribution in [3.63, 3.8) is 0 Å². The van der Waals surface area contributed by atoms with E-state index in [9.17, 15) is 4.79 Å². The van der Waals surface area contributed by atoms with Crippen LogP contribution in [0.4, 0.5) is 0 Å². The van der Waals surface area contributed by atoms with Gasteiger partial charge in [0, 0.05) is 11.6 Å². The Bertz CT molecular complexity index is 1050. The highest BCUT2D eigenvalue weighted by Gasteiger charge is 2.22. The maximum Gasteiger partial charge on any atom is 0.261 e. The number of rotatable bonds is 9. The van der Waals surface area contributed by atoms with Crippen LogP contribution in [0.25, 0.3) is 11.4 Å². The Morgan fingerprint density at radius 2 is 1.84 bits per heavy atom. The van der Waals surface area contributed by atoms with Gasteiger partial charge >= 0.3 is 0 Å². The Kier molecular flexibility index (Phi) is 7.90. The van der Waals surface area contributed by atoms with E-state index < -0.39 is 0 Å². The van der Waals surface area contributed by atoms with Gasteiger partial charge in [-0.1, -0.05) is 25.1 Å². The molecule has 3 rings (SSSR count). The smallest absolute Gasteiger partial charge is 0.261 e. The number of methoxy groups -OCH3 is 1. The molecule has 32 heavy (non-hydrogen) atoms. The van der Waals surface area contributed by atoms with Crippen molar-refractivity contribution in [3.05, 3.63) is 58.4 Å². The Labute approximate surface area is 196 Å². The fraction of sp³-hybridized carbons (Fsp3) is 0.375. The molecule has 0 aliphatic heterocycles. The van der Waals surface area contributed by atoms with Crippen LogP contribution in [0, 0.1) is 0 Å². The molecule has 1 amide bonds. The lowest BCUT2D eigenvalue weighted by atomic mass is 10.0. The van der Waals surface area contributed by atoms with E-state index in [4.69, 9.17) is 14.0 Å². The first-order valence-electron chi connectivity index (χ1n) is 10.5. The molecule has 8 heteroatoms. The van der Waals surface area contributed by atoms with Crippen LogP contribution < -0.4 is 9.47 Å². The molecule has 0 atom stereocenters. The molecule has 3 aromatic rings. The molecule has 0 aliphatic carbocycles. The van der Waals surface area contributed by atoms with Gasteiger partial charge in [-0.25, -0.2) is 0 Å². The van der Waals surface area contributed by atoms with Crippen molar-refractivity contribution >= 4 is 21.8 Å². The minimum Gasteiger partial charge on any atom is -0.497 e. The van der Waals surface area contributed by atoms with E-state index in [1.807, 2.05) is 56.3 Å². The molecule has 1 heterocycles. The second-order valence-electron chi connectivity index (χ2n) is 7.99. The summed E-state index contributed by atoms with van der Waals surface area (Å²) in [7, 11) is 1.61. The van der Waals surface area contributed by atoms with Gasteiger partial charge in [-0.2, -0.15) is 4.98 Å². The van der Waals surface area contributed by atoms with Crippen LogP contribution in [-0.2, 0) is 11.3 Å². The Balaban J connectivity index is 1.65. The predicted octanol–water partition coefficient (Wildman–Crippen LogP) is 5.45. The summed E-state index contributed by atoms with van der Waals surface area (Å²) in [6.45, 7) is 8.25. The van der Waals surface area contributed by atoms with Gasteiger partial charge < -0.3 is 18.9 Å². The zero-order valence-corrected chi connectivity index (χ0v) is 20.5. The van der Waals surface area contributed by atoms with Crippen molar-refractivity contribution in [1.82, 2.24) is 15.0 Å². The van der Waals surface area contributed by atoms with Gasteiger partial charge in [0.05, 0.1) is 11.6 Å². The maximum atomic E-state index is 12.9. The summed E-state index contributed by atoms with van der Waals surface area (Å²) in [4.78, 5) is 19.0. The number of ether oxygens (including phenoxy) is 2. The quantitative estimate of drug-likeness (QED) is 0.388. The summed E-state index contributed by atoms with van der Waals surface area (Å²) >= 11 is 3.53. The number of hydrogen-bond donors (Lipinski definition) is 0. The van der Waals surface area contributed by atoms with E-state index in [1.54, 1.807) is 12.0 Å². The lowest BCUT2D eigenvalue weighted by Gasteiger charge is -2.25. The summed E-state index contributed by atoms with van der Waals surface area (Å²) < 4.78 is 17.2. The number of aromatic nitrogens is 2. The van der Waals surface area contributed by atoms with Crippen LogP contribution in [0.2, 0.25) is 0 Å². The van der Waals surface area contributed by atoms with Crippen LogP contribution in [-0.4, -0.2) is 40.7 Å². The number of benzene rings is 2. The van der Waals surface area contributed by atoms with Crippen LogP contribution in [0.3, 0.4) is 0 Å². The van der Waals surface area contributed by atoms with Crippen molar-refractivity contribution in [3.8, 4) is 22.9 Å². The van der Waals surface area contributed by atoms with Crippen LogP contribution in [0.5, 0.6) is 11.5 Å². The second-order valence-corrected chi connectivity index (χ2v) is 8.84. The molecule has 0 fully saturated rings. The van der Waals surface area contributed by atoms with E-state index in [0.29, 0.717) is 23.4 Å². The van der Waals surface area contributed by atoms with Crippen LogP contribution in [0.1, 0.15) is 45.1 Å². The molecule has 170 valence electrons. The first-order valence-corrected chi connectivity index (χ1v) is 11.3. The number of nitrogens with zero attached hydrogens (tertiary/aromatic N) is 3. The normalized spacial score (nSPS) is 11.1. The molecule has 7 nitrogen and oxygen atoms in total. The molecule has 0 saturated heterocycles. The first kappa shape index (κ1) is 23.8. The molecular weight excluding hydrogens is 474 g/mol. The third-order valence-electron chi connectivity index (χ3n) is 5.04. The van der Waals surface area contributed by atoms with Gasteiger partial charge in [-0.15, -0.1) is 0 Å². The van der Waals surface area contributed by atoms with Crippen molar-refractivity contribution in [1.29, 1.82) is 0 Å². The van der Waals surface area contributed by atoms with Gasteiger partial charge in [0.2, 0.25) is 11.7 Å². The van der Waals surface area contributed by atoms with E-state index >= 15 is 0 Å². The van der Waals surface area contributed by atoms with Crippen LogP contribution in [0.15, 0.2) is 51.5 Å². The number of amides is 1. The molecule has 0 unspecified atom stereocenters. The molecule has 1 aromatic heterocycles. The highest BCUT2D eigenvalue weighted by molar-refractivity contribution is 9.10. The van der Waals surface area contributed by atoms with Crippen molar-refractivity contribution in [2.24, 2.45) is 0 Å². The van der Waals surface area contributed by atoms with E-state index in [2.05, 4.69) is 39.9 Å². The maximum absolute atomic E-state index is 12.9. The Morgan fingerprint density at radius 1 is 1.12 bits per heavy atom. The minimum atomic E-state index is -0.163. The van der Waals surface area contributed by atoms with E-state index in [0.717, 1.165) is 15.8 Å². The molecule has 0 bridgehead atoms. The summed E-state index contributed by atoms with van der Waals surface area (Å²) in [5.41, 5.74) is 2.00. The van der Waals surface area contributed by atoms with E-state index in [1.165, 1.54) is 5.56 Å². The SMILES string of the molecule is COc1ccc(-c2noc(CN(C(=O)COc3ccc(C(C)C)cc3Br)C(C)C)n2)cc1. The van der Waals surface area contributed by atoms with Gasteiger partial charge in [-0.05, 0) is 77.7 Å². The third kappa shape index (κ3) is 5.88. The fourth-order valence-corrected chi connectivity index (χ4v) is 3.61. The van der Waals surface area contributed by atoms with Crippen molar-refractivity contribution in [2.75, 3.05) is 13.7 Å². The van der Waals surface area contributed by atoms with Gasteiger partial charge in [0.25, 0.3) is 5.91 Å². The number of carbonyl (C=O) groups is 1. The molecule has 2 aromatic carbocycles. The second kappa shape index (κ2) is 10.6. The first-order chi connectivity index (χ1) is 15.3. The molecular formula is C24H28BrN3O4. The van der Waals surface area contributed by atoms with Crippen molar-refractivity contribution < 1.29 is 18.8 Å². The summed E-state index contributed by atoms with van der Waals surface area (Å²) in [5, 5.41) is 4.04. The Morgan fingerprint density at radius 3 is 2.44 bits per heavy atom. The highest BCUT2D eigenvalue weighted by Crippen LogP contribution is 2.29. The molecule has 0 saturated carbocycles. The lowest BCUT2D eigenvalue weighted by Crippen LogP contribution is -2.39. The summed E-state index contributed by atoms with van der Waals surface area (Å²) in [5.74, 6) is 2.45. The standard InChI is InChI=1S/C24H28BrN3O4/c1-15(2)18-8-11-21(20(25)12-18)31-14-23(29)28(16(3)4)13-22-26-24(27-32-22)17-6-9-19(30-5)10-7-17/h6-12,15-16H,13-14H2,1-5H3.